The average molecular weight is 248 g/mol. The second-order valence-corrected chi connectivity index (χ2v) is 3.82. The van der Waals surface area contributed by atoms with Crippen LogP contribution in [-0.2, 0) is 4.74 Å². The van der Waals surface area contributed by atoms with E-state index >= 15 is 0 Å². The fourth-order valence-corrected chi connectivity index (χ4v) is 1.77. The maximum Gasteiger partial charge on any atom is 0.357 e. The number of H-pyrrole nitrogens is 2. The maximum atomic E-state index is 11.7. The molecule has 0 saturated heterocycles. The smallest absolute Gasteiger partial charge is 0.357 e. The molecule has 0 aliphatic heterocycles. The summed E-state index contributed by atoms with van der Waals surface area (Å²) in [6.45, 7) is 2.10. The standard InChI is InChI=1S/C12H12N2O2S/c1-2-16-11(15)10-9(13-12(17)14-10)8-6-4-3-5-7-8/h3-7H,2H2,1H3,(H2,13,14,17). The van der Waals surface area contributed by atoms with Crippen LogP contribution in [0.1, 0.15) is 17.4 Å². The number of imidazole rings is 1. The quantitative estimate of drug-likeness (QED) is 0.648. The molecule has 0 amide bonds. The van der Waals surface area contributed by atoms with Gasteiger partial charge in [0.05, 0.1) is 12.3 Å². The van der Waals surface area contributed by atoms with Gasteiger partial charge in [0.2, 0.25) is 0 Å². The first kappa shape index (κ1) is 11.6. The summed E-state index contributed by atoms with van der Waals surface area (Å²) in [4.78, 5) is 17.5. The first-order chi connectivity index (χ1) is 8.22. The normalized spacial score (nSPS) is 10.2. The highest BCUT2D eigenvalue weighted by atomic mass is 32.1. The van der Waals surface area contributed by atoms with Crippen molar-refractivity contribution in [2.24, 2.45) is 0 Å². The van der Waals surface area contributed by atoms with Gasteiger partial charge in [-0.15, -0.1) is 0 Å². The first-order valence-corrected chi connectivity index (χ1v) is 5.68. The molecule has 88 valence electrons. The summed E-state index contributed by atoms with van der Waals surface area (Å²) in [5.74, 6) is -0.404. The Bertz CT molecular complexity index is 572. The van der Waals surface area contributed by atoms with Crippen molar-refractivity contribution in [2.75, 3.05) is 6.61 Å². The lowest BCUT2D eigenvalue weighted by Gasteiger charge is -2.02. The summed E-state index contributed by atoms with van der Waals surface area (Å²) in [6.07, 6.45) is 0. The van der Waals surface area contributed by atoms with E-state index in [0.717, 1.165) is 5.56 Å². The van der Waals surface area contributed by atoms with Gasteiger partial charge in [-0.3, -0.25) is 0 Å². The van der Waals surface area contributed by atoms with Crippen molar-refractivity contribution in [1.82, 2.24) is 9.97 Å². The molecule has 0 saturated carbocycles. The van der Waals surface area contributed by atoms with Gasteiger partial charge < -0.3 is 14.7 Å². The molecule has 0 atom stereocenters. The van der Waals surface area contributed by atoms with Gasteiger partial charge in [-0.1, -0.05) is 30.3 Å². The van der Waals surface area contributed by atoms with Gasteiger partial charge >= 0.3 is 5.97 Å². The molecule has 2 rings (SSSR count). The average Bonchev–Trinajstić information content (AvgIpc) is 2.73. The van der Waals surface area contributed by atoms with Crippen molar-refractivity contribution in [1.29, 1.82) is 0 Å². The topological polar surface area (TPSA) is 57.9 Å². The van der Waals surface area contributed by atoms with E-state index in [4.69, 9.17) is 17.0 Å². The monoisotopic (exact) mass is 248 g/mol. The van der Waals surface area contributed by atoms with Crippen molar-refractivity contribution < 1.29 is 9.53 Å². The van der Waals surface area contributed by atoms with Crippen molar-refractivity contribution in [2.45, 2.75) is 6.92 Å². The molecule has 1 heterocycles. The molecule has 0 fully saturated rings. The Hall–Kier alpha value is -1.88. The van der Waals surface area contributed by atoms with E-state index in [-0.39, 0.29) is 0 Å². The van der Waals surface area contributed by atoms with E-state index < -0.39 is 5.97 Å². The number of nitrogens with one attached hydrogen (secondary N) is 2. The number of esters is 1. The number of carbonyl (C=O) groups excluding carboxylic acids is 1. The van der Waals surface area contributed by atoms with Crippen LogP contribution in [0.25, 0.3) is 11.3 Å². The molecule has 4 nitrogen and oxygen atoms in total. The zero-order valence-electron chi connectivity index (χ0n) is 9.32. The third-order valence-corrected chi connectivity index (χ3v) is 2.47. The zero-order chi connectivity index (χ0) is 12.3. The van der Waals surface area contributed by atoms with E-state index in [9.17, 15) is 4.79 Å². The van der Waals surface area contributed by atoms with Crippen LogP contribution in [0, 0.1) is 4.77 Å². The van der Waals surface area contributed by atoms with Gasteiger partial charge in [0.1, 0.15) is 0 Å². The third-order valence-electron chi connectivity index (χ3n) is 2.27. The third kappa shape index (κ3) is 2.45. The molecule has 0 bridgehead atoms. The van der Waals surface area contributed by atoms with Gasteiger partial charge in [0, 0.05) is 5.56 Å². The van der Waals surface area contributed by atoms with Gasteiger partial charge in [0.25, 0.3) is 0 Å². The van der Waals surface area contributed by atoms with Crippen molar-refractivity contribution in [3.8, 4) is 11.3 Å². The van der Waals surface area contributed by atoms with Crippen molar-refractivity contribution in [3.05, 3.63) is 40.8 Å². The van der Waals surface area contributed by atoms with Crippen LogP contribution in [0.15, 0.2) is 30.3 Å². The van der Waals surface area contributed by atoms with E-state index in [1.807, 2.05) is 30.3 Å². The molecule has 1 aromatic heterocycles. The lowest BCUT2D eigenvalue weighted by Crippen LogP contribution is -2.06. The number of aromatic amines is 2. The van der Waals surface area contributed by atoms with Crippen LogP contribution < -0.4 is 0 Å². The second kappa shape index (κ2) is 4.97. The Morgan fingerprint density at radius 3 is 2.65 bits per heavy atom. The number of hydrogen-bond donors (Lipinski definition) is 2. The maximum absolute atomic E-state index is 11.7. The lowest BCUT2D eigenvalue weighted by atomic mass is 10.1. The molecule has 0 spiro atoms. The molecule has 2 aromatic rings. The molecule has 0 unspecified atom stereocenters. The fourth-order valence-electron chi connectivity index (χ4n) is 1.56. The highest BCUT2D eigenvalue weighted by Gasteiger charge is 2.16. The molecule has 2 N–H and O–H groups in total. The van der Waals surface area contributed by atoms with Crippen LogP contribution in [0.3, 0.4) is 0 Å². The van der Waals surface area contributed by atoms with Gasteiger partial charge in [-0.2, -0.15) is 0 Å². The largest absolute Gasteiger partial charge is 0.461 e. The molecule has 0 aliphatic carbocycles. The molecular weight excluding hydrogens is 236 g/mol. The molecule has 0 aliphatic rings. The highest BCUT2D eigenvalue weighted by molar-refractivity contribution is 7.71. The lowest BCUT2D eigenvalue weighted by molar-refractivity contribution is 0.0521. The second-order valence-electron chi connectivity index (χ2n) is 3.42. The van der Waals surface area contributed by atoms with Gasteiger partial charge in [-0.25, -0.2) is 4.79 Å². The number of benzene rings is 1. The Morgan fingerprint density at radius 1 is 1.29 bits per heavy atom. The molecule has 1 aromatic carbocycles. The van der Waals surface area contributed by atoms with E-state index in [1.54, 1.807) is 6.92 Å². The van der Waals surface area contributed by atoms with E-state index in [0.29, 0.717) is 22.8 Å². The van der Waals surface area contributed by atoms with Crippen LogP contribution >= 0.6 is 12.2 Å². The first-order valence-electron chi connectivity index (χ1n) is 5.27. The summed E-state index contributed by atoms with van der Waals surface area (Å²) >= 11 is 5.00. The van der Waals surface area contributed by atoms with Crippen molar-refractivity contribution in [3.63, 3.8) is 0 Å². The SMILES string of the molecule is CCOC(=O)c1[nH]c(=S)[nH]c1-c1ccccc1. The molecule has 5 heteroatoms. The minimum atomic E-state index is -0.404. The van der Waals surface area contributed by atoms with Crippen LogP contribution in [-0.4, -0.2) is 22.5 Å². The Kier molecular flexibility index (Phi) is 3.39. The Morgan fingerprint density at radius 2 is 2.00 bits per heavy atom. The summed E-state index contributed by atoms with van der Waals surface area (Å²) in [5, 5.41) is 0. The predicted octanol–water partition coefficient (Wildman–Crippen LogP) is 2.92. The molecule has 0 radical (unpaired) electrons. The number of ether oxygens (including phenoxy) is 1. The van der Waals surface area contributed by atoms with Gasteiger partial charge in [-0.05, 0) is 19.1 Å². The summed E-state index contributed by atoms with van der Waals surface area (Å²) < 4.78 is 5.38. The minimum Gasteiger partial charge on any atom is -0.461 e. The minimum absolute atomic E-state index is 0.332. The van der Waals surface area contributed by atoms with Crippen molar-refractivity contribution >= 4 is 18.2 Å². The molecular formula is C12H12N2O2S. The van der Waals surface area contributed by atoms with Crippen LogP contribution in [0.4, 0.5) is 0 Å². The van der Waals surface area contributed by atoms with E-state index in [2.05, 4.69) is 9.97 Å². The zero-order valence-corrected chi connectivity index (χ0v) is 10.1. The number of carbonyl (C=O) groups is 1. The summed E-state index contributed by atoms with van der Waals surface area (Å²) in [5.41, 5.74) is 1.92. The Balaban J connectivity index is 2.48. The highest BCUT2D eigenvalue weighted by Crippen LogP contribution is 2.20. The predicted molar refractivity (Wildman–Crippen MR) is 67.4 cm³/mol. The fraction of sp³-hybridized carbons (Fsp3) is 0.167. The number of rotatable bonds is 3. The Labute approximate surface area is 104 Å². The van der Waals surface area contributed by atoms with Crippen LogP contribution in [0.2, 0.25) is 0 Å². The summed E-state index contributed by atoms with van der Waals surface area (Å²) in [7, 11) is 0. The van der Waals surface area contributed by atoms with Crippen LogP contribution in [0.5, 0.6) is 0 Å². The number of hydrogen-bond acceptors (Lipinski definition) is 3. The van der Waals surface area contributed by atoms with E-state index in [1.165, 1.54) is 0 Å². The van der Waals surface area contributed by atoms with Gasteiger partial charge in [0.15, 0.2) is 10.5 Å². The summed E-state index contributed by atoms with van der Waals surface area (Å²) in [6, 6.07) is 9.51. The molecule has 17 heavy (non-hydrogen) atoms. The number of aromatic nitrogens is 2.